The highest BCUT2D eigenvalue weighted by atomic mass is 19.4. The van der Waals surface area contributed by atoms with Crippen molar-refractivity contribution >= 4 is 11.8 Å². The zero-order chi connectivity index (χ0) is 15.3. The van der Waals surface area contributed by atoms with Crippen molar-refractivity contribution in [2.75, 3.05) is 30.4 Å². The van der Waals surface area contributed by atoms with E-state index in [0.717, 1.165) is 25.3 Å². The Labute approximate surface area is 121 Å². The molecule has 0 aliphatic carbocycles. The number of anilines is 2. The minimum atomic E-state index is -4.49. The van der Waals surface area contributed by atoms with Crippen LogP contribution in [0, 0.1) is 0 Å². The molecule has 0 amide bonds. The maximum Gasteiger partial charge on any atom is 0.433 e. The van der Waals surface area contributed by atoms with Crippen molar-refractivity contribution in [1.82, 2.24) is 9.97 Å². The van der Waals surface area contributed by atoms with Crippen molar-refractivity contribution in [2.24, 2.45) is 0 Å². The third-order valence-electron chi connectivity index (χ3n) is 3.06. The second-order valence-electron chi connectivity index (χ2n) is 4.94. The van der Waals surface area contributed by atoms with Crippen LogP contribution >= 0.6 is 0 Å². The van der Waals surface area contributed by atoms with E-state index in [1.54, 1.807) is 0 Å². The molecule has 2 heterocycles. The van der Waals surface area contributed by atoms with Gasteiger partial charge in [0, 0.05) is 19.2 Å². The number of nitrogens with zero attached hydrogens (tertiary/aromatic N) is 2. The number of halogens is 3. The van der Waals surface area contributed by atoms with Crippen molar-refractivity contribution in [3.63, 3.8) is 0 Å². The van der Waals surface area contributed by atoms with Gasteiger partial charge in [-0.05, 0) is 19.3 Å². The largest absolute Gasteiger partial charge is 0.433 e. The van der Waals surface area contributed by atoms with Crippen molar-refractivity contribution in [3.05, 3.63) is 11.8 Å². The molecule has 21 heavy (non-hydrogen) atoms. The van der Waals surface area contributed by atoms with Gasteiger partial charge in [0.1, 0.15) is 5.82 Å². The molecule has 1 fully saturated rings. The van der Waals surface area contributed by atoms with Crippen LogP contribution in [-0.4, -0.2) is 35.8 Å². The number of ether oxygens (including phenoxy) is 1. The van der Waals surface area contributed by atoms with Crippen LogP contribution in [0.1, 0.15) is 31.9 Å². The molecule has 1 saturated heterocycles. The van der Waals surface area contributed by atoms with Crippen molar-refractivity contribution < 1.29 is 17.9 Å². The van der Waals surface area contributed by atoms with Gasteiger partial charge in [0.2, 0.25) is 5.95 Å². The third-order valence-corrected chi connectivity index (χ3v) is 3.06. The number of nitrogens with one attached hydrogen (secondary N) is 2. The van der Waals surface area contributed by atoms with E-state index in [2.05, 4.69) is 20.6 Å². The van der Waals surface area contributed by atoms with Crippen LogP contribution in [0.15, 0.2) is 6.07 Å². The molecule has 1 aliphatic rings. The van der Waals surface area contributed by atoms with Gasteiger partial charge in [-0.25, -0.2) is 4.98 Å². The normalized spacial score (nSPS) is 19.3. The lowest BCUT2D eigenvalue weighted by Crippen LogP contribution is -2.30. The molecule has 0 saturated carbocycles. The smallest absolute Gasteiger partial charge is 0.379 e. The Hall–Kier alpha value is -1.57. The molecule has 8 heteroatoms. The van der Waals surface area contributed by atoms with Gasteiger partial charge in [-0.2, -0.15) is 18.2 Å². The Morgan fingerprint density at radius 3 is 2.81 bits per heavy atom. The lowest BCUT2D eigenvalue weighted by Gasteiger charge is -2.24. The Morgan fingerprint density at radius 1 is 1.38 bits per heavy atom. The van der Waals surface area contributed by atoms with Crippen LogP contribution in [-0.2, 0) is 10.9 Å². The molecule has 5 nitrogen and oxygen atoms in total. The second-order valence-corrected chi connectivity index (χ2v) is 4.94. The first kappa shape index (κ1) is 15.8. The molecule has 1 aromatic rings. The van der Waals surface area contributed by atoms with Gasteiger partial charge in [-0.3, -0.25) is 0 Å². The van der Waals surface area contributed by atoms with Crippen molar-refractivity contribution in [1.29, 1.82) is 0 Å². The van der Waals surface area contributed by atoms with E-state index >= 15 is 0 Å². The number of hydrogen-bond acceptors (Lipinski definition) is 5. The Balaban J connectivity index is 2.17. The summed E-state index contributed by atoms with van der Waals surface area (Å²) >= 11 is 0. The summed E-state index contributed by atoms with van der Waals surface area (Å²) in [6, 6.07) is 0.917. The molecule has 118 valence electrons. The van der Waals surface area contributed by atoms with E-state index in [1.165, 1.54) is 0 Å². The molecule has 1 atom stereocenters. The Kier molecular flexibility index (Phi) is 5.22. The number of alkyl halides is 3. The average molecular weight is 304 g/mol. The highest BCUT2D eigenvalue weighted by Crippen LogP contribution is 2.30. The third kappa shape index (κ3) is 4.73. The number of hydrogen-bond donors (Lipinski definition) is 2. The minimum absolute atomic E-state index is 0.00842. The molecule has 1 unspecified atom stereocenters. The van der Waals surface area contributed by atoms with Gasteiger partial charge in [0.25, 0.3) is 0 Å². The summed E-state index contributed by atoms with van der Waals surface area (Å²) in [4.78, 5) is 7.61. The monoisotopic (exact) mass is 304 g/mol. The minimum Gasteiger partial charge on any atom is -0.379 e. The predicted octanol–water partition coefficient (Wildman–Crippen LogP) is 2.91. The molecule has 1 aromatic heterocycles. The summed E-state index contributed by atoms with van der Waals surface area (Å²) in [5.41, 5.74) is -0.949. The molecule has 2 rings (SSSR count). The van der Waals surface area contributed by atoms with Crippen molar-refractivity contribution in [2.45, 2.75) is 38.4 Å². The molecule has 0 radical (unpaired) electrons. The fourth-order valence-corrected chi connectivity index (χ4v) is 2.05. The lowest BCUT2D eigenvalue weighted by molar-refractivity contribution is -0.141. The summed E-state index contributed by atoms with van der Waals surface area (Å²) in [5, 5.41) is 5.79. The highest BCUT2D eigenvalue weighted by molar-refractivity contribution is 5.44. The summed E-state index contributed by atoms with van der Waals surface area (Å²) in [5.74, 6) is 0.164. The molecular weight excluding hydrogens is 285 g/mol. The molecule has 1 aliphatic heterocycles. The fraction of sp³-hybridized carbons (Fsp3) is 0.692. The predicted molar refractivity (Wildman–Crippen MR) is 73.3 cm³/mol. The average Bonchev–Trinajstić information content (AvgIpc) is 2.45. The molecule has 0 bridgehead atoms. The van der Waals surface area contributed by atoms with Crippen LogP contribution in [0.4, 0.5) is 24.9 Å². The first-order valence-electron chi connectivity index (χ1n) is 7.03. The first-order chi connectivity index (χ1) is 9.99. The molecule has 0 aromatic carbocycles. The summed E-state index contributed by atoms with van der Waals surface area (Å²) in [6.45, 7) is 3.61. The van der Waals surface area contributed by atoms with Crippen LogP contribution in [0.2, 0.25) is 0 Å². The zero-order valence-electron chi connectivity index (χ0n) is 11.8. The van der Waals surface area contributed by atoms with Crippen molar-refractivity contribution in [3.8, 4) is 0 Å². The number of rotatable bonds is 5. The second kappa shape index (κ2) is 6.93. The van der Waals surface area contributed by atoms with E-state index in [-0.39, 0.29) is 17.8 Å². The SMILES string of the molecule is CCCNc1nc(NC2CCCOC2)cc(C(F)(F)F)n1. The van der Waals surface area contributed by atoms with E-state index in [1.807, 2.05) is 6.92 Å². The Morgan fingerprint density at radius 2 is 2.19 bits per heavy atom. The topological polar surface area (TPSA) is 59.1 Å². The standard InChI is InChI=1S/C13H19F3N4O/c1-2-5-17-12-19-10(13(14,15)16)7-11(20-12)18-9-4-3-6-21-8-9/h7,9H,2-6,8H2,1H3,(H2,17,18,19,20). The van der Waals surface area contributed by atoms with Crippen LogP contribution < -0.4 is 10.6 Å². The van der Waals surface area contributed by atoms with Gasteiger partial charge in [-0.1, -0.05) is 6.92 Å². The van der Waals surface area contributed by atoms with Gasteiger partial charge in [0.15, 0.2) is 5.69 Å². The number of aromatic nitrogens is 2. The first-order valence-corrected chi connectivity index (χ1v) is 7.03. The van der Waals surface area contributed by atoms with Gasteiger partial charge >= 0.3 is 6.18 Å². The maximum atomic E-state index is 12.9. The quantitative estimate of drug-likeness (QED) is 0.876. The summed E-state index contributed by atoms with van der Waals surface area (Å²) in [6.07, 6.45) is -1.98. The van der Waals surface area contributed by atoms with Crippen LogP contribution in [0.5, 0.6) is 0 Å². The lowest BCUT2D eigenvalue weighted by atomic mass is 10.1. The van der Waals surface area contributed by atoms with Crippen LogP contribution in [0.3, 0.4) is 0 Å². The molecular formula is C13H19F3N4O. The zero-order valence-corrected chi connectivity index (χ0v) is 11.8. The molecule has 0 spiro atoms. The highest BCUT2D eigenvalue weighted by Gasteiger charge is 2.34. The summed E-state index contributed by atoms with van der Waals surface area (Å²) < 4.78 is 43.9. The van der Waals surface area contributed by atoms with Gasteiger partial charge < -0.3 is 15.4 Å². The fourth-order valence-electron chi connectivity index (χ4n) is 2.05. The molecule has 2 N–H and O–H groups in total. The van der Waals surface area contributed by atoms with Crippen LogP contribution in [0.25, 0.3) is 0 Å². The van der Waals surface area contributed by atoms with Gasteiger partial charge in [-0.15, -0.1) is 0 Å². The Bertz CT molecular complexity index is 461. The van der Waals surface area contributed by atoms with E-state index in [0.29, 0.717) is 19.8 Å². The van der Waals surface area contributed by atoms with E-state index in [9.17, 15) is 13.2 Å². The summed E-state index contributed by atoms with van der Waals surface area (Å²) in [7, 11) is 0. The van der Waals surface area contributed by atoms with E-state index < -0.39 is 11.9 Å². The maximum absolute atomic E-state index is 12.9. The van der Waals surface area contributed by atoms with E-state index in [4.69, 9.17) is 4.74 Å². The van der Waals surface area contributed by atoms with Gasteiger partial charge in [0.05, 0.1) is 12.6 Å².